The minimum Gasteiger partial charge on any atom is -0.497 e. The molecule has 0 unspecified atom stereocenters. The number of piperidine rings is 1. The van der Waals surface area contributed by atoms with Gasteiger partial charge in [-0.3, -0.25) is 9.59 Å². The summed E-state index contributed by atoms with van der Waals surface area (Å²) in [6.07, 6.45) is -2.58. The third-order valence-corrected chi connectivity index (χ3v) is 8.00. The minimum absolute atomic E-state index is 0.0825. The number of alkyl halides is 3. The summed E-state index contributed by atoms with van der Waals surface area (Å²) >= 11 is 6.36. The van der Waals surface area contributed by atoms with Crippen LogP contribution in [0, 0.1) is 11.8 Å². The number of likely N-dealkylation sites (tertiary alicyclic amines) is 1. The van der Waals surface area contributed by atoms with Crippen LogP contribution in [0.3, 0.4) is 0 Å². The molecule has 0 bridgehead atoms. The van der Waals surface area contributed by atoms with Crippen molar-refractivity contribution in [2.45, 2.75) is 31.0 Å². The Morgan fingerprint density at radius 3 is 2.31 bits per heavy atom. The lowest BCUT2D eigenvalue weighted by molar-refractivity contribution is -0.264. The van der Waals surface area contributed by atoms with Crippen LogP contribution in [0.15, 0.2) is 42.5 Å². The summed E-state index contributed by atoms with van der Waals surface area (Å²) in [5, 5.41) is 11.1. The molecule has 11 heteroatoms. The lowest BCUT2D eigenvalue weighted by atomic mass is 9.82. The van der Waals surface area contributed by atoms with E-state index in [0.29, 0.717) is 16.5 Å². The molecule has 39 heavy (non-hydrogen) atoms. The SMILES string of the molecule is COc1cccc([C@@](O)(C(=O)N2CC(CC3CCN(c4ccc(C(=O)N(C)C)c(Cl)c4)CC3)C2)C(F)(F)F)c1. The standard InChI is InChI=1S/C28H33ClF3N3O4/c1-33(2)25(36)23-8-7-21(15-24(23)29)34-11-9-18(10-12-34)13-19-16-35(17-19)26(37)27(38,28(30,31)32)20-5-4-6-22(14-20)39-3/h4-8,14-15,18-19,38H,9-13,16-17H2,1-3H3/t27-/m1/s1. The van der Waals surface area contributed by atoms with Crippen LogP contribution in [0.4, 0.5) is 18.9 Å². The highest BCUT2D eigenvalue weighted by Crippen LogP contribution is 2.43. The van der Waals surface area contributed by atoms with Crippen molar-refractivity contribution in [2.24, 2.45) is 11.8 Å². The van der Waals surface area contributed by atoms with Crippen molar-refractivity contribution in [1.29, 1.82) is 0 Å². The molecule has 2 aliphatic heterocycles. The van der Waals surface area contributed by atoms with Gasteiger partial charge >= 0.3 is 6.18 Å². The maximum Gasteiger partial charge on any atom is 0.430 e. The predicted octanol–water partition coefficient (Wildman–Crippen LogP) is 4.57. The molecule has 0 radical (unpaired) electrons. The fourth-order valence-corrected chi connectivity index (χ4v) is 5.64. The number of hydrogen-bond donors (Lipinski definition) is 1. The molecule has 1 atom stereocenters. The van der Waals surface area contributed by atoms with E-state index >= 15 is 0 Å². The highest BCUT2D eigenvalue weighted by atomic mass is 35.5. The van der Waals surface area contributed by atoms with Crippen molar-refractivity contribution in [3.05, 3.63) is 58.6 Å². The lowest BCUT2D eigenvalue weighted by Gasteiger charge is -2.45. The molecule has 1 N–H and O–H groups in total. The molecule has 0 aromatic heterocycles. The predicted molar refractivity (Wildman–Crippen MR) is 142 cm³/mol. The third-order valence-electron chi connectivity index (χ3n) is 7.69. The Balaban J connectivity index is 1.32. The van der Waals surface area contributed by atoms with Gasteiger partial charge in [0.25, 0.3) is 17.4 Å². The van der Waals surface area contributed by atoms with Gasteiger partial charge in [0.2, 0.25) is 0 Å². The number of benzene rings is 2. The summed E-state index contributed by atoms with van der Waals surface area (Å²) in [5.41, 5.74) is -2.80. The van der Waals surface area contributed by atoms with Crippen LogP contribution in [0.1, 0.15) is 35.2 Å². The molecule has 2 aromatic carbocycles. The van der Waals surface area contributed by atoms with E-state index in [1.165, 1.54) is 24.1 Å². The Kier molecular flexibility index (Phi) is 8.37. The Hall–Kier alpha value is -2.98. The number of methoxy groups -OCH3 is 1. The summed E-state index contributed by atoms with van der Waals surface area (Å²) in [5.74, 6) is -0.929. The number of amides is 2. The zero-order valence-corrected chi connectivity index (χ0v) is 22.9. The van der Waals surface area contributed by atoms with Gasteiger partial charge in [-0.05, 0) is 61.4 Å². The van der Waals surface area contributed by atoms with Crippen LogP contribution in [0.5, 0.6) is 5.75 Å². The molecule has 0 aliphatic carbocycles. The van der Waals surface area contributed by atoms with Crippen LogP contribution >= 0.6 is 11.6 Å². The monoisotopic (exact) mass is 567 g/mol. The van der Waals surface area contributed by atoms with E-state index < -0.39 is 23.2 Å². The van der Waals surface area contributed by atoms with E-state index in [9.17, 15) is 27.9 Å². The summed E-state index contributed by atoms with van der Waals surface area (Å²) in [4.78, 5) is 29.9. The first-order chi connectivity index (χ1) is 18.3. The highest BCUT2D eigenvalue weighted by Gasteiger charge is 2.63. The minimum atomic E-state index is -5.19. The molecule has 2 aliphatic rings. The van der Waals surface area contributed by atoms with Crippen molar-refractivity contribution in [3.8, 4) is 5.75 Å². The molecular formula is C28H33ClF3N3O4. The van der Waals surface area contributed by atoms with Crippen molar-refractivity contribution >= 4 is 29.1 Å². The van der Waals surface area contributed by atoms with Gasteiger partial charge in [0.15, 0.2) is 0 Å². The maximum atomic E-state index is 14.0. The first-order valence-corrected chi connectivity index (χ1v) is 13.2. The molecule has 7 nitrogen and oxygen atoms in total. The number of aliphatic hydroxyl groups is 1. The first kappa shape index (κ1) is 29.0. The number of nitrogens with zero attached hydrogens (tertiary/aromatic N) is 3. The van der Waals surface area contributed by atoms with Gasteiger partial charge in [-0.25, -0.2) is 0 Å². The van der Waals surface area contributed by atoms with Gasteiger partial charge < -0.3 is 24.5 Å². The van der Waals surface area contributed by atoms with E-state index in [1.807, 2.05) is 6.07 Å². The highest BCUT2D eigenvalue weighted by molar-refractivity contribution is 6.34. The second-order valence-corrected chi connectivity index (χ2v) is 11.0. The van der Waals surface area contributed by atoms with Gasteiger partial charge in [-0.2, -0.15) is 13.2 Å². The molecular weight excluding hydrogens is 535 g/mol. The quantitative estimate of drug-likeness (QED) is 0.531. The number of ether oxygens (including phenoxy) is 1. The number of halogens is 4. The van der Waals surface area contributed by atoms with E-state index in [2.05, 4.69) is 4.90 Å². The molecule has 4 rings (SSSR count). The van der Waals surface area contributed by atoms with E-state index in [0.717, 1.165) is 55.1 Å². The summed E-state index contributed by atoms with van der Waals surface area (Å²) in [6.45, 7) is 1.94. The van der Waals surface area contributed by atoms with Crippen LogP contribution in [0.25, 0.3) is 0 Å². The third kappa shape index (κ3) is 5.82. The molecule has 0 spiro atoms. The van der Waals surface area contributed by atoms with E-state index in [-0.39, 0.29) is 30.7 Å². The van der Waals surface area contributed by atoms with Gasteiger partial charge in [-0.1, -0.05) is 23.7 Å². The molecule has 2 saturated heterocycles. The molecule has 2 aromatic rings. The van der Waals surface area contributed by atoms with Crippen molar-refractivity contribution < 1.29 is 32.6 Å². The van der Waals surface area contributed by atoms with E-state index in [4.69, 9.17) is 16.3 Å². The maximum absolute atomic E-state index is 14.0. The van der Waals surface area contributed by atoms with Crippen molar-refractivity contribution in [3.63, 3.8) is 0 Å². The number of hydrogen-bond acceptors (Lipinski definition) is 5. The van der Waals surface area contributed by atoms with Crippen molar-refractivity contribution in [2.75, 3.05) is 52.3 Å². The molecule has 2 amide bonds. The largest absolute Gasteiger partial charge is 0.497 e. The summed E-state index contributed by atoms with van der Waals surface area (Å²) in [7, 11) is 4.65. The van der Waals surface area contributed by atoms with Crippen LogP contribution < -0.4 is 9.64 Å². The number of rotatable bonds is 7. The Bertz CT molecular complexity index is 1210. The smallest absolute Gasteiger partial charge is 0.430 e. The fourth-order valence-electron chi connectivity index (χ4n) is 5.38. The van der Waals surface area contributed by atoms with Gasteiger partial charge in [0, 0.05) is 51.5 Å². The number of carbonyl (C=O) groups is 2. The van der Waals surface area contributed by atoms with Gasteiger partial charge in [0.1, 0.15) is 5.75 Å². The Morgan fingerprint density at radius 1 is 1.08 bits per heavy atom. The average Bonchev–Trinajstić information content (AvgIpc) is 2.88. The van der Waals surface area contributed by atoms with Crippen LogP contribution in [-0.2, 0) is 10.4 Å². The van der Waals surface area contributed by atoms with Crippen molar-refractivity contribution in [1.82, 2.24) is 9.80 Å². The average molecular weight is 568 g/mol. The molecule has 212 valence electrons. The second kappa shape index (κ2) is 11.3. The number of carbonyl (C=O) groups excluding carboxylic acids is 2. The Morgan fingerprint density at radius 2 is 1.74 bits per heavy atom. The zero-order chi connectivity index (χ0) is 28.5. The topological polar surface area (TPSA) is 73.3 Å². The lowest BCUT2D eigenvalue weighted by Crippen LogP contribution is -2.61. The molecule has 2 fully saturated rings. The molecule has 2 heterocycles. The summed E-state index contributed by atoms with van der Waals surface area (Å²) in [6, 6.07) is 10.3. The van der Waals surface area contributed by atoms with Crippen LogP contribution in [-0.4, -0.2) is 80.3 Å². The van der Waals surface area contributed by atoms with Gasteiger partial charge in [0.05, 0.1) is 17.7 Å². The van der Waals surface area contributed by atoms with Gasteiger partial charge in [-0.15, -0.1) is 0 Å². The normalized spacial score (nSPS) is 18.4. The zero-order valence-electron chi connectivity index (χ0n) is 22.2. The number of anilines is 1. The Labute approximate surface area is 231 Å². The summed E-state index contributed by atoms with van der Waals surface area (Å²) < 4.78 is 47.0. The first-order valence-electron chi connectivity index (χ1n) is 12.8. The molecule has 0 saturated carbocycles. The van der Waals surface area contributed by atoms with Crippen LogP contribution in [0.2, 0.25) is 5.02 Å². The second-order valence-electron chi connectivity index (χ2n) is 10.5. The van der Waals surface area contributed by atoms with E-state index in [1.54, 1.807) is 26.2 Å². The fraction of sp³-hybridized carbons (Fsp3) is 0.500.